The molecule has 0 saturated carbocycles. The first-order valence-corrected chi connectivity index (χ1v) is 6.60. The molecule has 114 valence electrons. The lowest BCUT2D eigenvalue weighted by molar-refractivity contribution is 0.0510. The van der Waals surface area contributed by atoms with E-state index in [0.717, 1.165) is 0 Å². The van der Waals surface area contributed by atoms with E-state index in [1.807, 2.05) is 7.05 Å². The van der Waals surface area contributed by atoms with Crippen LogP contribution in [0.4, 0.5) is 0 Å². The van der Waals surface area contributed by atoms with Gasteiger partial charge in [-0.2, -0.15) is 0 Å². The Morgan fingerprint density at radius 2 is 2.24 bits per heavy atom. The highest BCUT2D eigenvalue weighted by Crippen LogP contribution is 2.27. The third-order valence-corrected chi connectivity index (χ3v) is 3.14. The van der Waals surface area contributed by atoms with Crippen molar-refractivity contribution < 1.29 is 19.0 Å². The summed E-state index contributed by atoms with van der Waals surface area (Å²) in [5.41, 5.74) is 7.53. The zero-order valence-electron chi connectivity index (χ0n) is 12.4. The molecule has 2 N–H and O–H groups in total. The van der Waals surface area contributed by atoms with Gasteiger partial charge >= 0.3 is 5.97 Å². The van der Waals surface area contributed by atoms with Crippen LogP contribution in [-0.2, 0) is 23.1 Å². The van der Waals surface area contributed by atoms with Gasteiger partial charge in [0, 0.05) is 31.8 Å². The lowest BCUT2D eigenvalue weighted by Crippen LogP contribution is -2.12. The molecule has 0 unspecified atom stereocenters. The molecular formula is C14H19N3O4. The average Bonchev–Trinajstić information content (AvgIpc) is 2.77. The van der Waals surface area contributed by atoms with Gasteiger partial charge in [0.2, 0.25) is 0 Å². The van der Waals surface area contributed by atoms with Crippen LogP contribution in [0.1, 0.15) is 23.0 Å². The highest BCUT2D eigenvalue weighted by atomic mass is 16.7. The number of hydrogen-bond donors (Lipinski definition) is 1. The SMILES string of the molecule is CCOC(=O)c1c(CN)n(C)c2ncc(OCOC)cc12. The van der Waals surface area contributed by atoms with Crippen LogP contribution in [0.2, 0.25) is 0 Å². The molecule has 0 aliphatic heterocycles. The van der Waals surface area contributed by atoms with E-state index in [-0.39, 0.29) is 13.3 Å². The Kier molecular flexibility index (Phi) is 4.77. The number of carbonyl (C=O) groups excluding carboxylic acids is 1. The minimum atomic E-state index is -0.408. The standard InChI is InChI=1S/C14H19N3O4/c1-4-20-14(18)12-10-5-9(21-8-19-3)7-16-13(10)17(2)11(12)6-15/h5,7H,4,6,8,15H2,1-3H3. The van der Waals surface area contributed by atoms with E-state index >= 15 is 0 Å². The zero-order chi connectivity index (χ0) is 15.4. The smallest absolute Gasteiger partial charge is 0.340 e. The molecule has 2 heterocycles. The third kappa shape index (κ3) is 2.84. The maximum atomic E-state index is 12.2. The minimum absolute atomic E-state index is 0.110. The first-order valence-electron chi connectivity index (χ1n) is 6.60. The molecule has 0 atom stereocenters. The first kappa shape index (κ1) is 15.3. The Balaban J connectivity index is 2.58. The maximum Gasteiger partial charge on any atom is 0.340 e. The number of rotatable bonds is 6. The molecule has 0 aromatic carbocycles. The van der Waals surface area contributed by atoms with E-state index in [1.165, 1.54) is 7.11 Å². The summed E-state index contributed by atoms with van der Waals surface area (Å²) >= 11 is 0. The van der Waals surface area contributed by atoms with Crippen LogP contribution in [-0.4, -0.2) is 36.0 Å². The fourth-order valence-corrected chi connectivity index (χ4v) is 2.22. The second-order valence-corrected chi connectivity index (χ2v) is 4.40. The van der Waals surface area contributed by atoms with Crippen molar-refractivity contribution in [1.29, 1.82) is 0 Å². The van der Waals surface area contributed by atoms with Crippen LogP contribution >= 0.6 is 0 Å². The van der Waals surface area contributed by atoms with Gasteiger partial charge in [0.25, 0.3) is 0 Å². The molecule has 0 spiro atoms. The molecule has 0 amide bonds. The van der Waals surface area contributed by atoms with Gasteiger partial charge in [-0.3, -0.25) is 0 Å². The van der Waals surface area contributed by atoms with Crippen molar-refractivity contribution in [1.82, 2.24) is 9.55 Å². The van der Waals surface area contributed by atoms with Crippen molar-refractivity contribution in [3.63, 3.8) is 0 Å². The van der Waals surface area contributed by atoms with E-state index in [0.29, 0.717) is 34.6 Å². The van der Waals surface area contributed by atoms with Gasteiger partial charge in [-0.15, -0.1) is 0 Å². The second kappa shape index (κ2) is 6.55. The Bertz CT molecular complexity index is 651. The van der Waals surface area contributed by atoms with Crippen LogP contribution in [0.25, 0.3) is 11.0 Å². The first-order chi connectivity index (χ1) is 10.1. The maximum absolute atomic E-state index is 12.2. The highest BCUT2D eigenvalue weighted by molar-refractivity contribution is 6.05. The number of nitrogens with zero attached hydrogens (tertiary/aromatic N) is 2. The average molecular weight is 293 g/mol. The number of fused-ring (bicyclic) bond motifs is 1. The predicted molar refractivity (Wildman–Crippen MR) is 77.1 cm³/mol. The van der Waals surface area contributed by atoms with Gasteiger partial charge in [-0.25, -0.2) is 9.78 Å². The molecule has 0 aliphatic rings. The highest BCUT2D eigenvalue weighted by Gasteiger charge is 2.22. The zero-order valence-corrected chi connectivity index (χ0v) is 12.4. The van der Waals surface area contributed by atoms with Crippen molar-refractivity contribution in [2.45, 2.75) is 13.5 Å². The Hall–Kier alpha value is -2.12. The van der Waals surface area contributed by atoms with E-state index in [1.54, 1.807) is 23.8 Å². The summed E-state index contributed by atoms with van der Waals surface area (Å²) in [7, 11) is 3.35. The molecule has 2 aromatic heterocycles. The summed E-state index contributed by atoms with van der Waals surface area (Å²) < 4.78 is 17.1. The van der Waals surface area contributed by atoms with Crippen LogP contribution in [0.5, 0.6) is 5.75 Å². The third-order valence-electron chi connectivity index (χ3n) is 3.14. The summed E-state index contributed by atoms with van der Waals surface area (Å²) in [6, 6.07) is 1.74. The quantitative estimate of drug-likeness (QED) is 0.636. The molecule has 7 heteroatoms. The number of hydrogen-bond acceptors (Lipinski definition) is 6. The van der Waals surface area contributed by atoms with E-state index in [4.69, 9.17) is 19.9 Å². The number of nitrogens with two attached hydrogens (primary N) is 1. The lowest BCUT2D eigenvalue weighted by atomic mass is 10.1. The molecular weight excluding hydrogens is 274 g/mol. The van der Waals surface area contributed by atoms with Crippen LogP contribution in [0.15, 0.2) is 12.3 Å². The normalized spacial score (nSPS) is 10.9. The fraction of sp³-hybridized carbons (Fsp3) is 0.429. The van der Waals surface area contributed by atoms with Gasteiger partial charge in [0.1, 0.15) is 11.4 Å². The molecule has 0 saturated heterocycles. The molecule has 21 heavy (non-hydrogen) atoms. The summed E-state index contributed by atoms with van der Waals surface area (Å²) in [6.07, 6.45) is 1.58. The van der Waals surface area contributed by atoms with E-state index in [2.05, 4.69) is 4.98 Å². The number of esters is 1. The molecule has 0 radical (unpaired) electrons. The van der Waals surface area contributed by atoms with Gasteiger partial charge in [0.15, 0.2) is 6.79 Å². The number of pyridine rings is 1. The number of methoxy groups -OCH3 is 1. The van der Waals surface area contributed by atoms with Crippen LogP contribution in [0.3, 0.4) is 0 Å². The van der Waals surface area contributed by atoms with Crippen molar-refractivity contribution in [2.75, 3.05) is 20.5 Å². The largest absolute Gasteiger partial charge is 0.466 e. The monoisotopic (exact) mass is 293 g/mol. The Morgan fingerprint density at radius 3 is 2.86 bits per heavy atom. The van der Waals surface area contributed by atoms with Crippen molar-refractivity contribution in [3.8, 4) is 5.75 Å². The molecule has 2 aromatic rings. The molecule has 0 fully saturated rings. The predicted octanol–water partition coefficient (Wildman–Crippen LogP) is 1.19. The van der Waals surface area contributed by atoms with E-state index < -0.39 is 5.97 Å². The molecule has 0 aliphatic carbocycles. The van der Waals surface area contributed by atoms with Crippen LogP contribution < -0.4 is 10.5 Å². The summed E-state index contributed by atoms with van der Waals surface area (Å²) in [5, 5.41) is 0.657. The van der Waals surface area contributed by atoms with Crippen molar-refractivity contribution in [3.05, 3.63) is 23.5 Å². The molecule has 7 nitrogen and oxygen atoms in total. The van der Waals surface area contributed by atoms with Gasteiger partial charge in [-0.1, -0.05) is 0 Å². The topological polar surface area (TPSA) is 88.6 Å². The van der Waals surface area contributed by atoms with Gasteiger partial charge in [0.05, 0.1) is 18.4 Å². The van der Waals surface area contributed by atoms with E-state index in [9.17, 15) is 4.79 Å². The van der Waals surface area contributed by atoms with Crippen molar-refractivity contribution in [2.24, 2.45) is 12.8 Å². The second-order valence-electron chi connectivity index (χ2n) is 4.40. The molecule has 2 rings (SSSR count). The number of aromatic nitrogens is 2. The summed E-state index contributed by atoms with van der Waals surface area (Å²) in [6.45, 7) is 2.39. The minimum Gasteiger partial charge on any atom is -0.466 e. The van der Waals surface area contributed by atoms with Gasteiger partial charge < -0.3 is 24.5 Å². The Morgan fingerprint density at radius 1 is 1.48 bits per heavy atom. The van der Waals surface area contributed by atoms with Gasteiger partial charge in [-0.05, 0) is 13.0 Å². The fourth-order valence-electron chi connectivity index (χ4n) is 2.22. The molecule has 0 bridgehead atoms. The van der Waals surface area contributed by atoms with Crippen LogP contribution in [0, 0.1) is 0 Å². The number of ether oxygens (including phenoxy) is 3. The number of aryl methyl sites for hydroxylation is 1. The lowest BCUT2D eigenvalue weighted by Gasteiger charge is -2.05. The van der Waals surface area contributed by atoms with Crippen molar-refractivity contribution >= 4 is 17.0 Å². The summed E-state index contributed by atoms with van der Waals surface area (Å²) in [5.74, 6) is 0.110. The summed E-state index contributed by atoms with van der Waals surface area (Å²) in [4.78, 5) is 16.5. The Labute approximate surface area is 122 Å². The number of carbonyl (C=O) groups is 1.